The molecule has 0 saturated carbocycles. The van der Waals surface area contributed by atoms with Gasteiger partial charge in [-0.15, -0.1) is 0 Å². The van der Waals surface area contributed by atoms with Crippen LogP contribution in [0, 0.1) is 11.8 Å². The maximum absolute atomic E-state index is 3.66. The second-order valence-electron chi connectivity index (χ2n) is 6.81. The normalized spacial score (nSPS) is 12.8. The highest BCUT2D eigenvalue weighted by molar-refractivity contribution is 5.15. The van der Waals surface area contributed by atoms with E-state index < -0.39 is 0 Å². The highest BCUT2D eigenvalue weighted by atomic mass is 14.9. The standard InChI is InChI=1S/C20H35N/c1-4-5-6-7-9-14-20(17-21-16-18(2)3)15-19-12-10-8-11-13-19/h8,10-13,18,20-21H,4-7,9,14-17H2,1-3H3. The number of hydrogen-bond acceptors (Lipinski definition) is 1. The number of rotatable bonds is 12. The van der Waals surface area contributed by atoms with Crippen molar-refractivity contribution in [3.05, 3.63) is 35.9 Å². The van der Waals surface area contributed by atoms with E-state index in [1.807, 2.05) is 0 Å². The van der Waals surface area contributed by atoms with Gasteiger partial charge in [0.1, 0.15) is 0 Å². The molecule has 1 atom stereocenters. The van der Waals surface area contributed by atoms with Gasteiger partial charge in [0.2, 0.25) is 0 Å². The van der Waals surface area contributed by atoms with Crippen molar-refractivity contribution in [2.75, 3.05) is 13.1 Å². The van der Waals surface area contributed by atoms with Crippen LogP contribution in [0.3, 0.4) is 0 Å². The van der Waals surface area contributed by atoms with Crippen molar-refractivity contribution < 1.29 is 0 Å². The van der Waals surface area contributed by atoms with Crippen molar-refractivity contribution in [3.8, 4) is 0 Å². The van der Waals surface area contributed by atoms with E-state index in [2.05, 4.69) is 56.4 Å². The molecule has 0 aliphatic heterocycles. The van der Waals surface area contributed by atoms with E-state index in [1.165, 1.54) is 57.1 Å². The Balaban J connectivity index is 2.34. The molecule has 1 N–H and O–H groups in total. The molecule has 21 heavy (non-hydrogen) atoms. The highest BCUT2D eigenvalue weighted by Crippen LogP contribution is 2.16. The van der Waals surface area contributed by atoms with E-state index in [-0.39, 0.29) is 0 Å². The number of hydrogen-bond donors (Lipinski definition) is 1. The Morgan fingerprint density at radius 2 is 1.62 bits per heavy atom. The second-order valence-corrected chi connectivity index (χ2v) is 6.81. The molecule has 1 unspecified atom stereocenters. The molecular formula is C20H35N. The van der Waals surface area contributed by atoms with E-state index in [1.54, 1.807) is 0 Å². The van der Waals surface area contributed by atoms with Crippen LogP contribution in [-0.2, 0) is 6.42 Å². The highest BCUT2D eigenvalue weighted by Gasteiger charge is 2.09. The summed E-state index contributed by atoms with van der Waals surface area (Å²) in [5, 5.41) is 3.66. The van der Waals surface area contributed by atoms with Crippen LogP contribution in [-0.4, -0.2) is 13.1 Å². The first kappa shape index (κ1) is 18.2. The van der Waals surface area contributed by atoms with Gasteiger partial charge in [0.25, 0.3) is 0 Å². The molecule has 1 nitrogen and oxygen atoms in total. The van der Waals surface area contributed by atoms with E-state index in [4.69, 9.17) is 0 Å². The van der Waals surface area contributed by atoms with Crippen LogP contribution < -0.4 is 5.32 Å². The molecule has 1 heteroatoms. The van der Waals surface area contributed by atoms with Gasteiger partial charge < -0.3 is 5.32 Å². The fourth-order valence-corrected chi connectivity index (χ4v) is 2.84. The van der Waals surface area contributed by atoms with Crippen LogP contribution in [0.25, 0.3) is 0 Å². The average molecular weight is 290 g/mol. The third kappa shape index (κ3) is 9.68. The van der Waals surface area contributed by atoms with Gasteiger partial charge in [0, 0.05) is 0 Å². The molecule has 120 valence electrons. The van der Waals surface area contributed by atoms with Crippen LogP contribution in [0.1, 0.15) is 64.9 Å². The van der Waals surface area contributed by atoms with Gasteiger partial charge in [-0.2, -0.15) is 0 Å². The zero-order chi connectivity index (χ0) is 15.3. The average Bonchev–Trinajstić information content (AvgIpc) is 2.47. The summed E-state index contributed by atoms with van der Waals surface area (Å²) in [6, 6.07) is 11.0. The molecular weight excluding hydrogens is 254 g/mol. The fraction of sp³-hybridized carbons (Fsp3) is 0.700. The first-order chi connectivity index (χ1) is 10.2. The van der Waals surface area contributed by atoms with Crippen molar-refractivity contribution in [2.24, 2.45) is 11.8 Å². The quantitative estimate of drug-likeness (QED) is 0.504. The number of nitrogens with one attached hydrogen (secondary N) is 1. The Hall–Kier alpha value is -0.820. The molecule has 0 fully saturated rings. The van der Waals surface area contributed by atoms with Crippen LogP contribution in [0.2, 0.25) is 0 Å². The van der Waals surface area contributed by atoms with E-state index in [0.29, 0.717) is 0 Å². The summed E-state index contributed by atoms with van der Waals surface area (Å²) in [6.45, 7) is 9.16. The molecule has 0 bridgehead atoms. The lowest BCUT2D eigenvalue weighted by Crippen LogP contribution is -2.27. The van der Waals surface area contributed by atoms with E-state index in [9.17, 15) is 0 Å². The van der Waals surface area contributed by atoms with Crippen molar-refractivity contribution in [3.63, 3.8) is 0 Å². The third-order valence-corrected chi connectivity index (χ3v) is 4.07. The smallest absolute Gasteiger partial charge is 0.00172 e. The summed E-state index contributed by atoms with van der Waals surface area (Å²) in [4.78, 5) is 0. The van der Waals surface area contributed by atoms with Gasteiger partial charge in [-0.1, -0.05) is 83.2 Å². The predicted octanol–water partition coefficient (Wildman–Crippen LogP) is 5.45. The van der Waals surface area contributed by atoms with Gasteiger partial charge in [0.15, 0.2) is 0 Å². The zero-order valence-electron chi connectivity index (χ0n) is 14.4. The molecule has 0 aromatic heterocycles. The van der Waals surface area contributed by atoms with Crippen LogP contribution in [0.4, 0.5) is 0 Å². The minimum Gasteiger partial charge on any atom is -0.316 e. The Morgan fingerprint density at radius 1 is 0.905 bits per heavy atom. The molecule has 0 aliphatic rings. The Labute approximate surface area is 132 Å². The van der Waals surface area contributed by atoms with Crippen LogP contribution in [0.15, 0.2) is 30.3 Å². The maximum Gasteiger partial charge on any atom is -0.00172 e. The van der Waals surface area contributed by atoms with Crippen molar-refractivity contribution in [2.45, 2.75) is 65.7 Å². The van der Waals surface area contributed by atoms with Crippen LogP contribution >= 0.6 is 0 Å². The number of benzene rings is 1. The Morgan fingerprint density at radius 3 is 2.29 bits per heavy atom. The zero-order valence-corrected chi connectivity index (χ0v) is 14.4. The predicted molar refractivity (Wildman–Crippen MR) is 94.7 cm³/mol. The molecule has 0 amide bonds. The summed E-state index contributed by atoms with van der Waals surface area (Å²) in [6.07, 6.45) is 9.53. The first-order valence-electron chi connectivity index (χ1n) is 8.97. The van der Waals surface area contributed by atoms with Gasteiger partial charge in [-0.3, -0.25) is 0 Å². The minimum atomic E-state index is 0.743. The Bertz CT molecular complexity index is 331. The summed E-state index contributed by atoms with van der Waals surface area (Å²) >= 11 is 0. The van der Waals surface area contributed by atoms with Crippen molar-refractivity contribution >= 4 is 0 Å². The van der Waals surface area contributed by atoms with Gasteiger partial charge in [-0.05, 0) is 43.3 Å². The minimum absolute atomic E-state index is 0.743. The van der Waals surface area contributed by atoms with E-state index >= 15 is 0 Å². The van der Waals surface area contributed by atoms with E-state index in [0.717, 1.165) is 18.4 Å². The second kappa shape index (κ2) is 11.8. The molecule has 0 saturated heterocycles. The summed E-state index contributed by atoms with van der Waals surface area (Å²) in [5.74, 6) is 1.53. The lowest BCUT2D eigenvalue weighted by molar-refractivity contribution is 0.406. The topological polar surface area (TPSA) is 12.0 Å². The third-order valence-electron chi connectivity index (χ3n) is 4.07. The van der Waals surface area contributed by atoms with Crippen molar-refractivity contribution in [1.82, 2.24) is 5.32 Å². The van der Waals surface area contributed by atoms with Crippen LogP contribution in [0.5, 0.6) is 0 Å². The lowest BCUT2D eigenvalue weighted by Gasteiger charge is -2.19. The lowest BCUT2D eigenvalue weighted by atomic mass is 9.93. The SMILES string of the molecule is CCCCCCCC(CNCC(C)C)Cc1ccccc1. The molecule has 0 aliphatic carbocycles. The van der Waals surface area contributed by atoms with Gasteiger partial charge >= 0.3 is 0 Å². The molecule has 0 radical (unpaired) electrons. The molecule has 0 heterocycles. The first-order valence-corrected chi connectivity index (χ1v) is 8.97. The number of unbranched alkanes of at least 4 members (excludes halogenated alkanes) is 4. The van der Waals surface area contributed by atoms with Crippen molar-refractivity contribution in [1.29, 1.82) is 0 Å². The van der Waals surface area contributed by atoms with Gasteiger partial charge in [-0.25, -0.2) is 0 Å². The van der Waals surface area contributed by atoms with Gasteiger partial charge in [0.05, 0.1) is 0 Å². The molecule has 1 rings (SSSR count). The largest absolute Gasteiger partial charge is 0.316 e. The molecule has 1 aromatic rings. The Kier molecular flexibility index (Phi) is 10.2. The summed E-state index contributed by atoms with van der Waals surface area (Å²) < 4.78 is 0. The monoisotopic (exact) mass is 289 g/mol. The molecule has 1 aromatic carbocycles. The fourth-order valence-electron chi connectivity index (χ4n) is 2.84. The summed E-state index contributed by atoms with van der Waals surface area (Å²) in [7, 11) is 0. The summed E-state index contributed by atoms with van der Waals surface area (Å²) in [5.41, 5.74) is 1.49. The molecule has 0 spiro atoms. The maximum atomic E-state index is 3.66.